The second-order valence-electron chi connectivity index (χ2n) is 3.38. The van der Waals surface area contributed by atoms with Crippen molar-refractivity contribution in [2.45, 2.75) is 19.3 Å². The molecule has 1 aliphatic carbocycles. The smallest absolute Gasteiger partial charge is 0.409 e. The molecule has 74 valence electrons. The average Bonchev–Trinajstić information content (AvgIpc) is 2.51. The van der Waals surface area contributed by atoms with Gasteiger partial charge in [0.05, 0.1) is 10.7 Å². The fourth-order valence-electron chi connectivity index (χ4n) is 1.81. The summed E-state index contributed by atoms with van der Waals surface area (Å²) in [7, 11) is 0. The van der Waals surface area contributed by atoms with Crippen LogP contribution < -0.4 is 5.32 Å². The maximum absolute atomic E-state index is 10.5. The summed E-state index contributed by atoms with van der Waals surface area (Å²) in [6.45, 7) is 0. The first kappa shape index (κ1) is 9.34. The van der Waals surface area contributed by atoms with Crippen molar-refractivity contribution in [3.05, 3.63) is 28.3 Å². The first-order valence-corrected chi connectivity index (χ1v) is 4.86. The standard InChI is InChI=1S/C10H10ClNO2/c11-8-4-6-2-1-3-7(6)5-9(8)12-10(13)14/h4-5,12H,1-3H2,(H,13,14). The minimum atomic E-state index is -1.08. The molecule has 0 aromatic heterocycles. The molecule has 1 amide bonds. The zero-order valence-corrected chi connectivity index (χ0v) is 8.27. The van der Waals surface area contributed by atoms with Crippen LogP contribution in [0.3, 0.4) is 0 Å². The zero-order valence-electron chi connectivity index (χ0n) is 7.51. The number of nitrogens with one attached hydrogen (secondary N) is 1. The summed E-state index contributed by atoms with van der Waals surface area (Å²) in [5.74, 6) is 0. The number of benzene rings is 1. The number of carbonyl (C=O) groups is 1. The van der Waals surface area contributed by atoms with Gasteiger partial charge in [0, 0.05) is 0 Å². The maximum Gasteiger partial charge on any atom is 0.409 e. The van der Waals surface area contributed by atoms with Gasteiger partial charge in [-0.3, -0.25) is 5.32 Å². The van der Waals surface area contributed by atoms with E-state index in [1.54, 1.807) is 0 Å². The molecule has 2 N–H and O–H groups in total. The summed E-state index contributed by atoms with van der Waals surface area (Å²) in [6.07, 6.45) is 2.11. The Morgan fingerprint density at radius 3 is 2.64 bits per heavy atom. The van der Waals surface area contributed by atoms with Gasteiger partial charge in [0.15, 0.2) is 0 Å². The molecule has 1 aromatic carbocycles. The van der Waals surface area contributed by atoms with E-state index in [1.807, 2.05) is 12.1 Å². The molecule has 0 radical (unpaired) electrons. The number of halogens is 1. The van der Waals surface area contributed by atoms with E-state index in [4.69, 9.17) is 16.7 Å². The third kappa shape index (κ3) is 1.68. The van der Waals surface area contributed by atoms with Crippen LogP contribution in [0, 0.1) is 0 Å². The number of hydrogen-bond donors (Lipinski definition) is 2. The highest BCUT2D eigenvalue weighted by molar-refractivity contribution is 6.33. The molecule has 1 aromatic rings. The maximum atomic E-state index is 10.5. The van der Waals surface area contributed by atoms with Crippen molar-refractivity contribution in [3.8, 4) is 0 Å². The topological polar surface area (TPSA) is 49.3 Å². The van der Waals surface area contributed by atoms with E-state index in [2.05, 4.69) is 5.32 Å². The molecule has 0 fully saturated rings. The SMILES string of the molecule is O=C(O)Nc1cc2c(cc1Cl)CCC2. The van der Waals surface area contributed by atoms with Crippen LogP contribution >= 0.6 is 11.6 Å². The Hall–Kier alpha value is -1.22. The van der Waals surface area contributed by atoms with Crippen LogP contribution in [0.4, 0.5) is 10.5 Å². The number of aryl methyl sites for hydroxylation is 2. The fourth-order valence-corrected chi connectivity index (χ4v) is 2.04. The van der Waals surface area contributed by atoms with Gasteiger partial charge in [0.1, 0.15) is 0 Å². The molecule has 4 heteroatoms. The first-order valence-electron chi connectivity index (χ1n) is 4.48. The summed E-state index contributed by atoms with van der Waals surface area (Å²) in [6, 6.07) is 3.69. The molecule has 14 heavy (non-hydrogen) atoms. The Labute approximate surface area is 86.7 Å². The molecule has 0 saturated heterocycles. The van der Waals surface area contributed by atoms with Crippen molar-refractivity contribution in [1.82, 2.24) is 0 Å². The van der Waals surface area contributed by atoms with Crippen LogP contribution in [0.25, 0.3) is 0 Å². The Balaban J connectivity index is 2.37. The molecular weight excluding hydrogens is 202 g/mol. The molecule has 2 rings (SSSR count). The summed E-state index contributed by atoms with van der Waals surface area (Å²) >= 11 is 5.93. The predicted molar refractivity (Wildman–Crippen MR) is 55.1 cm³/mol. The number of fused-ring (bicyclic) bond motifs is 1. The number of carboxylic acid groups (broad SMARTS) is 1. The lowest BCUT2D eigenvalue weighted by Crippen LogP contribution is -2.08. The Kier molecular flexibility index (Phi) is 2.33. The predicted octanol–water partition coefficient (Wildman–Crippen LogP) is 2.92. The van der Waals surface area contributed by atoms with E-state index >= 15 is 0 Å². The van der Waals surface area contributed by atoms with Crippen molar-refractivity contribution < 1.29 is 9.90 Å². The van der Waals surface area contributed by atoms with E-state index in [0.717, 1.165) is 19.3 Å². The molecule has 0 saturated carbocycles. The summed E-state index contributed by atoms with van der Waals surface area (Å²) in [5.41, 5.74) is 2.93. The molecule has 1 aliphatic rings. The Bertz CT molecular complexity index is 390. The van der Waals surface area contributed by atoms with Crippen molar-refractivity contribution in [1.29, 1.82) is 0 Å². The lowest BCUT2D eigenvalue weighted by Gasteiger charge is -2.07. The molecule has 0 aliphatic heterocycles. The van der Waals surface area contributed by atoms with E-state index < -0.39 is 6.09 Å². The quantitative estimate of drug-likeness (QED) is 0.751. The van der Waals surface area contributed by atoms with Gasteiger partial charge >= 0.3 is 6.09 Å². The van der Waals surface area contributed by atoms with Gasteiger partial charge in [-0.1, -0.05) is 11.6 Å². The highest BCUT2D eigenvalue weighted by atomic mass is 35.5. The second-order valence-corrected chi connectivity index (χ2v) is 3.79. The van der Waals surface area contributed by atoms with Gasteiger partial charge in [0.2, 0.25) is 0 Å². The molecule has 0 spiro atoms. The summed E-state index contributed by atoms with van der Waals surface area (Å²) in [4.78, 5) is 10.5. The Morgan fingerprint density at radius 1 is 1.36 bits per heavy atom. The van der Waals surface area contributed by atoms with Crippen molar-refractivity contribution in [2.75, 3.05) is 5.32 Å². The van der Waals surface area contributed by atoms with Crippen LogP contribution in [-0.2, 0) is 12.8 Å². The molecule has 0 heterocycles. The molecule has 0 bridgehead atoms. The number of amides is 1. The molecule has 0 unspecified atom stereocenters. The van der Waals surface area contributed by atoms with E-state index in [9.17, 15) is 4.79 Å². The van der Waals surface area contributed by atoms with Crippen LogP contribution in [0.15, 0.2) is 12.1 Å². The number of rotatable bonds is 1. The van der Waals surface area contributed by atoms with Crippen LogP contribution in [-0.4, -0.2) is 11.2 Å². The Morgan fingerprint density at radius 2 is 2.00 bits per heavy atom. The van der Waals surface area contributed by atoms with Gasteiger partial charge in [0.25, 0.3) is 0 Å². The first-order chi connectivity index (χ1) is 6.66. The lowest BCUT2D eigenvalue weighted by molar-refractivity contribution is 0.210. The second kappa shape index (κ2) is 3.50. The minimum Gasteiger partial charge on any atom is -0.465 e. The van der Waals surface area contributed by atoms with Crippen LogP contribution in [0.5, 0.6) is 0 Å². The summed E-state index contributed by atoms with van der Waals surface area (Å²) in [5, 5.41) is 11.3. The number of hydrogen-bond acceptors (Lipinski definition) is 1. The van der Waals surface area contributed by atoms with E-state index in [1.165, 1.54) is 11.1 Å². The third-order valence-electron chi connectivity index (χ3n) is 2.42. The monoisotopic (exact) mass is 211 g/mol. The van der Waals surface area contributed by atoms with Crippen molar-refractivity contribution in [2.24, 2.45) is 0 Å². The summed E-state index contributed by atoms with van der Waals surface area (Å²) < 4.78 is 0. The highest BCUT2D eigenvalue weighted by Gasteiger charge is 2.14. The molecular formula is C10H10ClNO2. The average molecular weight is 212 g/mol. The molecule has 0 atom stereocenters. The van der Waals surface area contributed by atoms with E-state index in [0.29, 0.717) is 10.7 Å². The normalized spacial score (nSPS) is 13.8. The number of anilines is 1. The molecule has 3 nitrogen and oxygen atoms in total. The van der Waals surface area contributed by atoms with Crippen LogP contribution in [0.2, 0.25) is 5.02 Å². The van der Waals surface area contributed by atoms with Crippen molar-refractivity contribution >= 4 is 23.4 Å². The zero-order chi connectivity index (χ0) is 10.1. The van der Waals surface area contributed by atoms with Gasteiger partial charge < -0.3 is 5.11 Å². The van der Waals surface area contributed by atoms with Gasteiger partial charge in [-0.2, -0.15) is 0 Å². The highest BCUT2D eigenvalue weighted by Crippen LogP contribution is 2.31. The van der Waals surface area contributed by atoms with E-state index in [-0.39, 0.29) is 0 Å². The van der Waals surface area contributed by atoms with Gasteiger partial charge in [-0.05, 0) is 42.5 Å². The minimum absolute atomic E-state index is 0.480. The largest absolute Gasteiger partial charge is 0.465 e. The van der Waals surface area contributed by atoms with Gasteiger partial charge in [-0.25, -0.2) is 4.79 Å². The fraction of sp³-hybridized carbons (Fsp3) is 0.300. The van der Waals surface area contributed by atoms with Gasteiger partial charge in [-0.15, -0.1) is 0 Å². The third-order valence-corrected chi connectivity index (χ3v) is 2.74. The van der Waals surface area contributed by atoms with Crippen LogP contribution in [0.1, 0.15) is 17.5 Å². The van der Waals surface area contributed by atoms with Crippen molar-refractivity contribution in [3.63, 3.8) is 0 Å². The lowest BCUT2D eigenvalue weighted by atomic mass is 10.1.